The molecule has 188 valence electrons. The zero-order chi connectivity index (χ0) is 25.0. The minimum absolute atomic E-state index is 0.00848. The van der Waals surface area contributed by atoms with Crippen molar-refractivity contribution in [2.75, 3.05) is 51.4 Å². The van der Waals surface area contributed by atoms with Crippen LogP contribution in [0, 0.1) is 5.92 Å². The molecule has 1 aliphatic heterocycles. The van der Waals surface area contributed by atoms with Crippen LogP contribution in [0.4, 0.5) is 18.9 Å². The zero-order valence-corrected chi connectivity index (χ0v) is 20.3. The highest BCUT2D eigenvalue weighted by Crippen LogP contribution is 2.28. The number of carbonyl (C=O) groups is 1. The van der Waals surface area contributed by atoms with Gasteiger partial charge in [0.25, 0.3) is 5.91 Å². The number of amides is 1. The second-order valence-corrected chi connectivity index (χ2v) is 10.3. The molecule has 3 atom stereocenters. The van der Waals surface area contributed by atoms with Crippen molar-refractivity contribution < 1.29 is 35.9 Å². The normalized spacial score (nSPS) is 23.8. The lowest BCUT2D eigenvalue weighted by atomic mass is 10.0. The number of sulfonamides is 1. The van der Waals surface area contributed by atoms with Gasteiger partial charge in [-0.15, -0.1) is 0 Å². The van der Waals surface area contributed by atoms with Gasteiger partial charge in [0, 0.05) is 45.9 Å². The summed E-state index contributed by atoms with van der Waals surface area (Å²) in [6, 6.07) is 3.91. The fraction of sp³-hybridized carbons (Fsp3) is 0.667. The van der Waals surface area contributed by atoms with Crippen LogP contribution in [0.1, 0.15) is 30.6 Å². The molecular weight excluding hydrogens is 463 g/mol. The van der Waals surface area contributed by atoms with Gasteiger partial charge >= 0.3 is 6.18 Å². The van der Waals surface area contributed by atoms with Gasteiger partial charge in [-0.2, -0.15) is 13.2 Å². The summed E-state index contributed by atoms with van der Waals surface area (Å²) >= 11 is 0. The molecule has 0 aliphatic carbocycles. The van der Waals surface area contributed by atoms with Crippen LogP contribution in [-0.4, -0.2) is 89.1 Å². The van der Waals surface area contributed by atoms with Gasteiger partial charge in [0.2, 0.25) is 10.0 Å². The molecule has 1 aromatic carbocycles. The van der Waals surface area contributed by atoms with Gasteiger partial charge in [-0.3, -0.25) is 14.4 Å². The maximum absolute atomic E-state index is 13.1. The Bertz CT molecular complexity index is 926. The second-order valence-electron chi connectivity index (χ2n) is 8.54. The molecule has 0 radical (unpaired) electrons. The number of ether oxygens (including phenoxy) is 2. The predicted octanol–water partition coefficient (Wildman–Crippen LogP) is 2.82. The standard InChI is InChI=1S/C21H32F3N3O5S/c1-14-11-27(9-8-21(22,23)24)15(2)13-32-18-10-16(25-33(5,29)30)6-7-17(18)20(28)26(3)12-19(14)31-4/h6-7,10,14-15,19,25H,8-9,11-13H2,1-5H3/t14-,15-,19+/m1/s1. The first-order chi connectivity index (χ1) is 15.2. The van der Waals surface area contributed by atoms with Crippen molar-refractivity contribution in [3.05, 3.63) is 23.8 Å². The van der Waals surface area contributed by atoms with E-state index in [0.717, 1.165) is 6.26 Å². The number of fused-ring (bicyclic) bond motifs is 1. The Morgan fingerprint density at radius 1 is 1.24 bits per heavy atom. The van der Waals surface area contributed by atoms with E-state index in [1.54, 1.807) is 18.9 Å². The van der Waals surface area contributed by atoms with Crippen molar-refractivity contribution in [2.24, 2.45) is 5.92 Å². The number of nitrogens with zero attached hydrogens (tertiary/aromatic N) is 2. The maximum Gasteiger partial charge on any atom is 0.390 e. The number of methoxy groups -OCH3 is 1. The number of hydrogen-bond acceptors (Lipinski definition) is 6. The van der Waals surface area contributed by atoms with Crippen LogP contribution in [0.5, 0.6) is 5.75 Å². The van der Waals surface area contributed by atoms with Gasteiger partial charge in [-0.05, 0) is 25.0 Å². The largest absolute Gasteiger partial charge is 0.491 e. The van der Waals surface area contributed by atoms with Crippen LogP contribution in [0.15, 0.2) is 18.2 Å². The molecule has 0 saturated carbocycles. The van der Waals surface area contributed by atoms with E-state index in [4.69, 9.17) is 9.47 Å². The van der Waals surface area contributed by atoms with E-state index >= 15 is 0 Å². The Morgan fingerprint density at radius 2 is 1.91 bits per heavy atom. The minimum atomic E-state index is -4.29. The average molecular weight is 496 g/mol. The lowest BCUT2D eigenvalue weighted by Gasteiger charge is -2.36. The first kappa shape index (κ1) is 27.2. The SMILES string of the molecule is CO[C@H]1CN(C)C(=O)c2ccc(NS(C)(=O)=O)cc2OC[C@@H](C)N(CCC(F)(F)F)C[C@H]1C. The van der Waals surface area contributed by atoms with Crippen LogP contribution in [0.25, 0.3) is 0 Å². The number of carbonyl (C=O) groups excluding carboxylic acids is 1. The van der Waals surface area contributed by atoms with E-state index in [0.29, 0.717) is 6.54 Å². The second kappa shape index (κ2) is 10.9. The number of likely N-dealkylation sites (N-methyl/N-ethyl adjacent to an activating group) is 1. The molecule has 0 fully saturated rings. The summed E-state index contributed by atoms with van der Waals surface area (Å²) < 4.78 is 75.7. The first-order valence-corrected chi connectivity index (χ1v) is 12.4. The van der Waals surface area contributed by atoms with E-state index < -0.39 is 34.8 Å². The van der Waals surface area contributed by atoms with Crippen LogP contribution >= 0.6 is 0 Å². The van der Waals surface area contributed by atoms with Gasteiger partial charge < -0.3 is 14.4 Å². The molecule has 1 aliphatic rings. The highest BCUT2D eigenvalue weighted by molar-refractivity contribution is 7.92. The lowest BCUT2D eigenvalue weighted by Crippen LogP contribution is -2.47. The van der Waals surface area contributed by atoms with Gasteiger partial charge in [0.05, 0.1) is 30.0 Å². The van der Waals surface area contributed by atoms with Gasteiger partial charge in [-0.25, -0.2) is 8.42 Å². The lowest BCUT2D eigenvalue weighted by molar-refractivity contribution is -0.140. The number of benzene rings is 1. The van der Waals surface area contributed by atoms with E-state index in [1.165, 1.54) is 30.2 Å². The third-order valence-electron chi connectivity index (χ3n) is 5.56. The summed E-state index contributed by atoms with van der Waals surface area (Å²) in [5.74, 6) is -0.348. The van der Waals surface area contributed by atoms with Crippen LogP contribution in [-0.2, 0) is 14.8 Å². The molecule has 2 rings (SSSR count). The Kier molecular flexibility index (Phi) is 9.00. The van der Waals surface area contributed by atoms with Crippen LogP contribution in [0.2, 0.25) is 0 Å². The molecule has 12 heteroatoms. The third-order valence-corrected chi connectivity index (χ3v) is 6.17. The topological polar surface area (TPSA) is 88.2 Å². The average Bonchev–Trinajstić information content (AvgIpc) is 2.69. The fourth-order valence-electron chi connectivity index (χ4n) is 3.71. The summed E-state index contributed by atoms with van der Waals surface area (Å²) in [5.41, 5.74) is 0.428. The number of nitrogens with one attached hydrogen (secondary N) is 1. The van der Waals surface area contributed by atoms with E-state index in [2.05, 4.69) is 4.72 Å². The molecular formula is C21H32F3N3O5S. The number of anilines is 1. The maximum atomic E-state index is 13.1. The molecule has 1 heterocycles. The molecule has 33 heavy (non-hydrogen) atoms. The van der Waals surface area contributed by atoms with Gasteiger partial charge in [0.15, 0.2) is 0 Å². The van der Waals surface area contributed by atoms with Crippen molar-refractivity contribution in [3.8, 4) is 5.75 Å². The molecule has 0 aromatic heterocycles. The van der Waals surface area contributed by atoms with Crippen LogP contribution in [0.3, 0.4) is 0 Å². The van der Waals surface area contributed by atoms with Crippen molar-refractivity contribution >= 4 is 21.6 Å². The predicted molar refractivity (Wildman–Crippen MR) is 119 cm³/mol. The van der Waals surface area contributed by atoms with E-state index in [9.17, 15) is 26.4 Å². The van der Waals surface area contributed by atoms with E-state index in [-0.39, 0.29) is 48.5 Å². The van der Waals surface area contributed by atoms with Gasteiger partial charge in [0.1, 0.15) is 12.4 Å². The summed E-state index contributed by atoms with van der Waals surface area (Å²) in [4.78, 5) is 16.3. The number of hydrogen-bond donors (Lipinski definition) is 1. The zero-order valence-electron chi connectivity index (χ0n) is 19.5. The molecule has 0 spiro atoms. The summed E-state index contributed by atoms with van der Waals surface area (Å²) in [7, 11) is -0.448. The monoisotopic (exact) mass is 495 g/mol. The minimum Gasteiger partial charge on any atom is -0.491 e. The molecule has 0 bridgehead atoms. The Morgan fingerprint density at radius 3 is 2.48 bits per heavy atom. The van der Waals surface area contributed by atoms with Crippen molar-refractivity contribution in [1.29, 1.82) is 0 Å². The molecule has 1 N–H and O–H groups in total. The molecule has 1 amide bonds. The number of halogens is 3. The third kappa shape index (κ3) is 8.35. The smallest absolute Gasteiger partial charge is 0.390 e. The van der Waals surface area contributed by atoms with Crippen molar-refractivity contribution in [3.63, 3.8) is 0 Å². The van der Waals surface area contributed by atoms with Gasteiger partial charge in [-0.1, -0.05) is 6.92 Å². The van der Waals surface area contributed by atoms with Crippen molar-refractivity contribution in [2.45, 2.75) is 38.6 Å². The van der Waals surface area contributed by atoms with E-state index in [1.807, 2.05) is 6.92 Å². The van der Waals surface area contributed by atoms with Crippen molar-refractivity contribution in [1.82, 2.24) is 9.80 Å². The first-order valence-electron chi connectivity index (χ1n) is 10.5. The molecule has 8 nitrogen and oxygen atoms in total. The Hall–Kier alpha value is -2.05. The quantitative estimate of drug-likeness (QED) is 0.676. The fourth-order valence-corrected chi connectivity index (χ4v) is 4.26. The summed E-state index contributed by atoms with van der Waals surface area (Å²) in [6.07, 6.45) is -4.65. The molecule has 0 saturated heterocycles. The Labute approximate surface area is 193 Å². The summed E-state index contributed by atoms with van der Waals surface area (Å²) in [6.45, 7) is 3.98. The Balaban J connectivity index is 2.42. The number of alkyl halides is 3. The molecule has 1 aromatic rings. The summed E-state index contributed by atoms with van der Waals surface area (Å²) in [5, 5.41) is 0. The van der Waals surface area contributed by atoms with Crippen LogP contribution < -0.4 is 9.46 Å². The number of rotatable bonds is 5. The highest BCUT2D eigenvalue weighted by atomic mass is 32.2. The highest BCUT2D eigenvalue weighted by Gasteiger charge is 2.32. The molecule has 0 unspecified atom stereocenters.